The van der Waals surface area contributed by atoms with E-state index in [1.807, 2.05) is 0 Å². The summed E-state index contributed by atoms with van der Waals surface area (Å²) in [6.07, 6.45) is 0. The molecule has 16 nitrogen and oxygen atoms in total. The number of ether oxygens (including phenoxy) is 6. The molecular formula is C54H58BBrCl2F4N2O14S2. The second kappa shape index (κ2) is 28.6. The average Bonchev–Trinajstić information content (AvgIpc) is 3.36. The molecule has 0 aliphatic carbocycles. The molecule has 2 N–H and O–H groups in total. The van der Waals surface area contributed by atoms with Crippen LogP contribution in [0.5, 0.6) is 23.0 Å². The molecule has 0 bridgehead atoms. The van der Waals surface area contributed by atoms with Crippen molar-refractivity contribution in [2.45, 2.75) is 75.6 Å². The minimum Gasteiger partial charge on any atom is -0.497 e. The van der Waals surface area contributed by atoms with Crippen molar-refractivity contribution in [3.8, 4) is 34.1 Å². The number of benzene rings is 6. The quantitative estimate of drug-likeness (QED) is 0.0467. The van der Waals surface area contributed by atoms with Crippen molar-refractivity contribution in [2.24, 2.45) is 0 Å². The summed E-state index contributed by atoms with van der Waals surface area (Å²) in [7, 11) is -3.99. The van der Waals surface area contributed by atoms with Crippen LogP contribution in [0.3, 0.4) is 0 Å². The fourth-order valence-electron chi connectivity index (χ4n) is 6.81. The molecule has 0 heterocycles. The van der Waals surface area contributed by atoms with Gasteiger partial charge in [-0.25, -0.2) is 44.0 Å². The van der Waals surface area contributed by atoms with Crippen LogP contribution in [0.15, 0.2) is 123 Å². The van der Waals surface area contributed by atoms with Crippen molar-refractivity contribution in [1.29, 1.82) is 0 Å². The molecule has 0 saturated heterocycles. The molecule has 26 heteroatoms. The number of methoxy groups -OCH3 is 2. The van der Waals surface area contributed by atoms with Crippen LogP contribution in [0, 0.1) is 23.3 Å². The van der Waals surface area contributed by atoms with Crippen molar-refractivity contribution in [2.75, 3.05) is 41.5 Å². The number of carbonyl (C=O) groups is 2. The lowest BCUT2D eigenvalue weighted by atomic mass is 9.80. The molecule has 0 aromatic heterocycles. The van der Waals surface area contributed by atoms with Gasteiger partial charge in [-0.15, -0.1) is 0 Å². The SMILES string of the molecule is CN(Cc1ccc(OCC(=O)OC(C)(C)C)c(Br)c1)S(=O)(=O)c1ccc(F)c(Cl)c1.COc1cc(F)cc(-c2cc(CN(C)S(=O)(=O)c3ccc(F)c(Cl)c3)ccc2OCC(=O)OC(C)(C)C)c1.COc1cc(F)cc(B(O)O)c1. The first-order chi connectivity index (χ1) is 37.1. The van der Waals surface area contributed by atoms with E-state index in [1.54, 1.807) is 84.0 Å². The minimum absolute atomic E-state index is 0.0578. The van der Waals surface area contributed by atoms with Gasteiger partial charge in [0.2, 0.25) is 20.0 Å². The topological polar surface area (TPSA) is 205 Å². The first-order valence-electron chi connectivity index (χ1n) is 23.6. The number of sulfonamides is 2. The molecule has 6 rings (SSSR count). The van der Waals surface area contributed by atoms with E-state index >= 15 is 0 Å². The van der Waals surface area contributed by atoms with Gasteiger partial charge in [-0.1, -0.05) is 35.3 Å². The van der Waals surface area contributed by atoms with Gasteiger partial charge >= 0.3 is 19.1 Å². The summed E-state index contributed by atoms with van der Waals surface area (Å²) in [6.45, 7) is 9.81. The second-order valence-corrected chi connectivity index (χ2v) is 25.0. The third-order valence-electron chi connectivity index (χ3n) is 10.4. The van der Waals surface area contributed by atoms with Gasteiger partial charge in [0, 0.05) is 44.9 Å². The lowest BCUT2D eigenvalue weighted by Crippen LogP contribution is -2.30. The Hall–Kier alpha value is -5.96. The lowest BCUT2D eigenvalue weighted by Gasteiger charge is -2.21. The zero-order chi connectivity index (χ0) is 60.1. The Morgan fingerprint density at radius 2 is 1.01 bits per heavy atom. The largest absolute Gasteiger partial charge is 0.497 e. The number of hydrogen-bond acceptors (Lipinski definition) is 14. The monoisotopic (exact) mass is 1260 g/mol. The van der Waals surface area contributed by atoms with Crippen LogP contribution in [0.25, 0.3) is 11.1 Å². The maximum Gasteiger partial charge on any atom is 0.488 e. The van der Waals surface area contributed by atoms with Gasteiger partial charge in [0.05, 0.1) is 38.5 Å². The molecule has 0 radical (unpaired) electrons. The van der Waals surface area contributed by atoms with Crippen LogP contribution >= 0.6 is 39.1 Å². The number of carbonyl (C=O) groups excluding carboxylic acids is 2. The van der Waals surface area contributed by atoms with Crippen LogP contribution in [-0.4, -0.2) is 107 Å². The number of rotatable bonds is 18. The van der Waals surface area contributed by atoms with Gasteiger partial charge < -0.3 is 38.5 Å². The predicted octanol–water partition coefficient (Wildman–Crippen LogP) is 10.1. The van der Waals surface area contributed by atoms with Crippen molar-refractivity contribution in [1.82, 2.24) is 8.61 Å². The molecular weight excluding hydrogens is 1200 g/mol. The summed E-state index contributed by atoms with van der Waals surface area (Å²) in [5, 5.41) is 16.8. The van der Waals surface area contributed by atoms with Crippen LogP contribution < -0.4 is 24.4 Å². The average molecular weight is 1260 g/mol. The lowest BCUT2D eigenvalue weighted by molar-refractivity contribution is -0.158. The molecule has 80 heavy (non-hydrogen) atoms. The van der Waals surface area contributed by atoms with Gasteiger partial charge in [-0.3, -0.25) is 0 Å². The van der Waals surface area contributed by atoms with Crippen LogP contribution in [0.2, 0.25) is 10.0 Å². The van der Waals surface area contributed by atoms with E-state index in [4.69, 9.17) is 61.7 Å². The smallest absolute Gasteiger partial charge is 0.488 e. The van der Waals surface area contributed by atoms with E-state index in [1.165, 1.54) is 46.5 Å². The highest BCUT2D eigenvalue weighted by molar-refractivity contribution is 9.10. The van der Waals surface area contributed by atoms with E-state index in [-0.39, 0.29) is 62.2 Å². The summed E-state index contributed by atoms with van der Waals surface area (Å²) in [5.41, 5.74) is 0.767. The Morgan fingerprint density at radius 3 is 1.44 bits per heavy atom. The van der Waals surface area contributed by atoms with E-state index in [2.05, 4.69) is 15.9 Å². The highest BCUT2D eigenvalue weighted by Gasteiger charge is 2.26. The molecule has 6 aromatic rings. The van der Waals surface area contributed by atoms with Gasteiger partial charge in [-0.2, -0.15) is 8.61 Å². The Kier molecular flexibility index (Phi) is 23.8. The third-order valence-corrected chi connectivity index (χ3v) is 15.2. The van der Waals surface area contributed by atoms with Gasteiger partial charge in [0.25, 0.3) is 0 Å². The second-order valence-electron chi connectivity index (χ2n) is 19.2. The molecule has 6 aromatic carbocycles. The molecule has 0 aliphatic rings. The van der Waals surface area contributed by atoms with Crippen molar-refractivity contribution in [3.63, 3.8) is 0 Å². The Balaban J connectivity index is 0.000000290. The third kappa shape index (κ3) is 20.2. The Bertz CT molecular complexity index is 3390. The number of esters is 2. The first-order valence-corrected chi connectivity index (χ1v) is 28.0. The molecule has 0 atom stereocenters. The molecule has 0 saturated carbocycles. The number of nitrogens with zero attached hydrogens (tertiary/aromatic N) is 2. The van der Waals surface area contributed by atoms with E-state index < -0.39 is 80.2 Å². The first kappa shape index (κ1) is 66.6. The summed E-state index contributed by atoms with van der Waals surface area (Å²) < 4.78 is 140. The fraction of sp³-hybridized carbons (Fsp3) is 0.296. The van der Waals surface area contributed by atoms with Crippen molar-refractivity contribution in [3.05, 3.63) is 158 Å². The van der Waals surface area contributed by atoms with E-state index in [0.717, 1.165) is 57.1 Å². The summed E-state index contributed by atoms with van der Waals surface area (Å²) >= 11 is 14.8. The Labute approximate surface area is 481 Å². The van der Waals surface area contributed by atoms with Crippen LogP contribution in [0.4, 0.5) is 17.6 Å². The van der Waals surface area contributed by atoms with Crippen LogP contribution in [-0.2, 0) is 52.2 Å². The summed E-state index contributed by atoms with van der Waals surface area (Å²) in [5.74, 6) is -2.43. The Morgan fingerprint density at radius 1 is 0.588 bits per heavy atom. The van der Waals surface area contributed by atoms with Crippen molar-refractivity contribution >= 4 is 83.7 Å². The van der Waals surface area contributed by atoms with E-state index in [9.17, 15) is 44.0 Å². The molecule has 0 spiro atoms. The maximum absolute atomic E-state index is 14.3. The fourth-order valence-corrected chi connectivity index (χ4v) is 10.2. The molecule has 0 aliphatic heterocycles. The highest BCUT2D eigenvalue weighted by atomic mass is 79.9. The zero-order valence-corrected chi connectivity index (χ0v) is 49.7. The van der Waals surface area contributed by atoms with Gasteiger partial charge in [-0.05, 0) is 165 Å². The number of halogens is 7. The van der Waals surface area contributed by atoms with E-state index in [0.29, 0.717) is 32.5 Å². The predicted molar refractivity (Wildman–Crippen MR) is 298 cm³/mol. The number of hydrogen-bond donors (Lipinski definition) is 2. The molecule has 0 fully saturated rings. The standard InChI is InChI=1S/C27H28ClF2NO6S.C20H22BrClFNO5S.C7H8BFO3/c1-27(2,3)37-26(32)16-36-25-9-6-17(10-22(25)18-11-19(29)13-20(12-18)35-5)15-31(4)38(33,34)21-7-8-24(30)23(28)14-21;1-20(2,3)29-19(25)12-28-18-8-5-13(9-15(18)21)11-24(4)30(26,27)14-6-7-17(23)16(22)10-14;1-12-7-3-5(8(10)11)2-6(9)4-7/h6-14H,15-16H2,1-5H3;5-10H,11-12H2,1-4H3;2-4,10-11H,1H3. The molecule has 0 amide bonds. The molecule has 432 valence electrons. The highest BCUT2D eigenvalue weighted by Crippen LogP contribution is 2.35. The molecule has 0 unspecified atom stereocenters. The van der Waals surface area contributed by atoms with Crippen LogP contribution in [0.1, 0.15) is 52.7 Å². The maximum atomic E-state index is 14.3. The van der Waals surface area contributed by atoms with Crippen molar-refractivity contribution < 1.29 is 82.5 Å². The summed E-state index contributed by atoms with van der Waals surface area (Å²) in [4.78, 5) is 23.7. The van der Waals surface area contributed by atoms with Gasteiger partial charge in [0.15, 0.2) is 13.2 Å². The minimum atomic E-state index is -4.01. The normalized spacial score (nSPS) is 11.7. The zero-order valence-electron chi connectivity index (χ0n) is 44.9. The van der Waals surface area contributed by atoms with Gasteiger partial charge in [0.1, 0.15) is 57.5 Å². The summed E-state index contributed by atoms with van der Waals surface area (Å²) in [6, 6.07) is 23.8.